The molecule has 1 N–H and O–H groups in total. The molecule has 4 aromatic rings. The summed E-state index contributed by atoms with van der Waals surface area (Å²) in [6.07, 6.45) is 4.94. The minimum absolute atomic E-state index is 0.117. The van der Waals surface area contributed by atoms with E-state index in [9.17, 15) is 4.79 Å². The van der Waals surface area contributed by atoms with Crippen molar-refractivity contribution in [3.63, 3.8) is 0 Å². The molecule has 6 nitrogen and oxygen atoms in total. The third-order valence-electron chi connectivity index (χ3n) is 5.44. The van der Waals surface area contributed by atoms with Gasteiger partial charge in [0.15, 0.2) is 12.3 Å². The van der Waals surface area contributed by atoms with E-state index < -0.39 is 0 Å². The zero-order chi connectivity index (χ0) is 20.6. The lowest BCUT2D eigenvalue weighted by Crippen LogP contribution is -2.35. The van der Waals surface area contributed by atoms with Gasteiger partial charge in [-0.2, -0.15) is 0 Å². The van der Waals surface area contributed by atoms with Crippen molar-refractivity contribution < 1.29 is 13.9 Å². The molecule has 0 unspecified atom stereocenters. The normalized spacial score (nSPS) is 14.4. The standard InChI is InChI=1S/C24H21N3O3/c1-16-7-9-18(10-8-16)24(11-12-24)27-23(28)19-14-30-21(26-19)15-29-20-6-2-4-17-5-3-13-25-22(17)20/h2-10,13-14H,11-12,15H2,1H3,(H,27,28). The number of rotatable bonds is 6. The first-order valence-electron chi connectivity index (χ1n) is 9.94. The molecular weight excluding hydrogens is 378 g/mol. The maximum absolute atomic E-state index is 12.7. The van der Waals surface area contributed by atoms with E-state index >= 15 is 0 Å². The number of ether oxygens (including phenoxy) is 1. The van der Waals surface area contributed by atoms with Gasteiger partial charge in [0.25, 0.3) is 5.91 Å². The summed E-state index contributed by atoms with van der Waals surface area (Å²) in [5.41, 5.74) is 3.05. The summed E-state index contributed by atoms with van der Waals surface area (Å²) < 4.78 is 11.3. The number of pyridine rings is 1. The van der Waals surface area contributed by atoms with E-state index in [0.29, 0.717) is 11.6 Å². The highest BCUT2D eigenvalue weighted by Crippen LogP contribution is 2.45. The maximum atomic E-state index is 12.7. The number of hydrogen-bond acceptors (Lipinski definition) is 5. The van der Waals surface area contributed by atoms with E-state index in [1.54, 1.807) is 6.20 Å². The van der Waals surface area contributed by atoms with Gasteiger partial charge in [-0.25, -0.2) is 4.98 Å². The van der Waals surface area contributed by atoms with Crippen molar-refractivity contribution in [3.8, 4) is 5.75 Å². The van der Waals surface area contributed by atoms with Crippen LogP contribution in [0.1, 0.15) is 40.3 Å². The lowest BCUT2D eigenvalue weighted by molar-refractivity contribution is 0.0925. The number of nitrogens with one attached hydrogen (secondary N) is 1. The van der Waals surface area contributed by atoms with E-state index in [2.05, 4.69) is 46.5 Å². The van der Waals surface area contributed by atoms with Crippen LogP contribution in [-0.2, 0) is 12.1 Å². The van der Waals surface area contributed by atoms with E-state index in [0.717, 1.165) is 29.3 Å². The Balaban J connectivity index is 1.26. The van der Waals surface area contributed by atoms with Crippen LogP contribution in [0.5, 0.6) is 5.75 Å². The summed E-state index contributed by atoms with van der Waals surface area (Å²) in [5, 5.41) is 4.11. The lowest BCUT2D eigenvalue weighted by atomic mass is 10.0. The van der Waals surface area contributed by atoms with Crippen LogP contribution in [0.3, 0.4) is 0 Å². The van der Waals surface area contributed by atoms with Crippen LogP contribution in [0.4, 0.5) is 0 Å². The zero-order valence-electron chi connectivity index (χ0n) is 16.6. The molecule has 2 aromatic heterocycles. The summed E-state index contributed by atoms with van der Waals surface area (Å²) in [6.45, 7) is 2.17. The van der Waals surface area contributed by atoms with Crippen LogP contribution in [-0.4, -0.2) is 15.9 Å². The molecule has 1 aliphatic rings. The number of hydrogen-bond donors (Lipinski definition) is 1. The SMILES string of the molecule is Cc1ccc(C2(NC(=O)c3coc(COc4cccc5cccnc45)n3)CC2)cc1. The van der Waals surface area contributed by atoms with Gasteiger partial charge in [0, 0.05) is 11.6 Å². The van der Waals surface area contributed by atoms with Gasteiger partial charge >= 0.3 is 0 Å². The number of benzene rings is 2. The predicted octanol–water partition coefficient (Wildman–Crippen LogP) is 4.53. The van der Waals surface area contributed by atoms with Crippen LogP contribution in [0.2, 0.25) is 0 Å². The first-order chi connectivity index (χ1) is 14.6. The first kappa shape index (κ1) is 18.4. The van der Waals surface area contributed by atoms with Gasteiger partial charge in [-0.15, -0.1) is 0 Å². The van der Waals surface area contributed by atoms with Crippen LogP contribution in [0.25, 0.3) is 10.9 Å². The van der Waals surface area contributed by atoms with Gasteiger partial charge in [-0.3, -0.25) is 9.78 Å². The van der Waals surface area contributed by atoms with Gasteiger partial charge < -0.3 is 14.5 Å². The number of para-hydroxylation sites is 1. The molecule has 5 rings (SSSR count). The van der Waals surface area contributed by atoms with Crippen molar-refractivity contribution >= 4 is 16.8 Å². The fourth-order valence-electron chi connectivity index (χ4n) is 3.58. The van der Waals surface area contributed by atoms with Gasteiger partial charge in [-0.1, -0.05) is 48.0 Å². The second-order valence-corrected chi connectivity index (χ2v) is 7.65. The summed E-state index contributed by atoms with van der Waals surface area (Å²) in [4.78, 5) is 21.4. The van der Waals surface area contributed by atoms with E-state index in [-0.39, 0.29) is 23.7 Å². The van der Waals surface area contributed by atoms with Crippen molar-refractivity contribution in [2.75, 3.05) is 0 Å². The quantitative estimate of drug-likeness (QED) is 0.515. The molecule has 2 aromatic carbocycles. The molecule has 1 saturated carbocycles. The Kier molecular flexibility index (Phi) is 4.47. The second kappa shape index (κ2) is 7.30. The second-order valence-electron chi connectivity index (χ2n) is 7.65. The van der Waals surface area contributed by atoms with Crippen molar-refractivity contribution in [3.05, 3.63) is 89.8 Å². The molecule has 150 valence electrons. The predicted molar refractivity (Wildman–Crippen MR) is 112 cm³/mol. The van der Waals surface area contributed by atoms with Gasteiger partial charge in [-0.05, 0) is 37.5 Å². The van der Waals surface area contributed by atoms with Crippen molar-refractivity contribution in [1.29, 1.82) is 0 Å². The van der Waals surface area contributed by atoms with Crippen LogP contribution in [0, 0.1) is 6.92 Å². The Morgan fingerprint density at radius 1 is 1.13 bits per heavy atom. The fraction of sp³-hybridized carbons (Fsp3) is 0.208. The van der Waals surface area contributed by atoms with Crippen LogP contribution in [0.15, 0.2) is 71.5 Å². The minimum Gasteiger partial charge on any atom is -0.482 e. The smallest absolute Gasteiger partial charge is 0.273 e. The highest BCUT2D eigenvalue weighted by Gasteiger charge is 2.46. The minimum atomic E-state index is -0.297. The number of fused-ring (bicyclic) bond motifs is 1. The van der Waals surface area contributed by atoms with E-state index in [4.69, 9.17) is 9.15 Å². The molecule has 30 heavy (non-hydrogen) atoms. The summed E-state index contributed by atoms with van der Waals surface area (Å²) >= 11 is 0. The number of carbonyl (C=O) groups is 1. The summed E-state index contributed by atoms with van der Waals surface area (Å²) in [7, 11) is 0. The van der Waals surface area contributed by atoms with Crippen LogP contribution >= 0.6 is 0 Å². The highest BCUT2D eigenvalue weighted by molar-refractivity contribution is 5.93. The molecule has 1 amide bonds. The van der Waals surface area contributed by atoms with Crippen molar-refractivity contribution in [2.45, 2.75) is 31.9 Å². The Morgan fingerprint density at radius 3 is 2.73 bits per heavy atom. The molecule has 0 bridgehead atoms. The molecule has 0 radical (unpaired) electrons. The average molecular weight is 399 g/mol. The lowest BCUT2D eigenvalue weighted by Gasteiger charge is -2.17. The number of carbonyl (C=O) groups excluding carboxylic acids is 1. The molecule has 0 aliphatic heterocycles. The van der Waals surface area contributed by atoms with Crippen LogP contribution < -0.4 is 10.1 Å². The van der Waals surface area contributed by atoms with Gasteiger partial charge in [0.2, 0.25) is 5.89 Å². The van der Waals surface area contributed by atoms with Gasteiger partial charge in [0.05, 0.1) is 5.54 Å². The molecule has 0 saturated heterocycles. The van der Waals surface area contributed by atoms with E-state index in [1.165, 1.54) is 11.8 Å². The number of oxazole rings is 1. The zero-order valence-corrected chi connectivity index (χ0v) is 16.6. The monoisotopic (exact) mass is 399 g/mol. The Hall–Kier alpha value is -3.67. The van der Waals surface area contributed by atoms with E-state index in [1.807, 2.05) is 30.3 Å². The number of amides is 1. The molecule has 2 heterocycles. The molecule has 1 aliphatic carbocycles. The largest absolute Gasteiger partial charge is 0.482 e. The Bertz CT molecular complexity index is 1200. The first-order valence-corrected chi connectivity index (χ1v) is 9.94. The molecular formula is C24H21N3O3. The highest BCUT2D eigenvalue weighted by atomic mass is 16.5. The third kappa shape index (κ3) is 3.52. The van der Waals surface area contributed by atoms with Crippen molar-refractivity contribution in [1.82, 2.24) is 15.3 Å². The average Bonchev–Trinajstić information content (AvgIpc) is 3.38. The topological polar surface area (TPSA) is 77.2 Å². The fourth-order valence-corrected chi connectivity index (χ4v) is 3.58. The molecule has 0 atom stereocenters. The maximum Gasteiger partial charge on any atom is 0.273 e. The molecule has 6 heteroatoms. The molecule has 1 fully saturated rings. The number of aryl methyl sites for hydroxylation is 1. The Labute approximate surface area is 173 Å². The Morgan fingerprint density at radius 2 is 1.93 bits per heavy atom. The third-order valence-corrected chi connectivity index (χ3v) is 5.44. The van der Waals surface area contributed by atoms with Crippen molar-refractivity contribution in [2.24, 2.45) is 0 Å². The summed E-state index contributed by atoms with van der Waals surface area (Å²) in [6, 6.07) is 17.9. The summed E-state index contributed by atoms with van der Waals surface area (Å²) in [5.74, 6) is 0.747. The number of nitrogens with zero attached hydrogens (tertiary/aromatic N) is 2. The molecule has 0 spiro atoms. The van der Waals surface area contributed by atoms with Gasteiger partial charge in [0.1, 0.15) is 17.5 Å². The number of aromatic nitrogens is 2.